The maximum Gasteiger partial charge on any atom is 0.250 e. The van der Waals surface area contributed by atoms with Crippen molar-refractivity contribution in [3.8, 4) is 0 Å². The molecule has 0 spiro atoms. The summed E-state index contributed by atoms with van der Waals surface area (Å²) in [4.78, 5) is 35.3. The third-order valence-corrected chi connectivity index (χ3v) is 4.21. The molecule has 0 bridgehead atoms. The van der Waals surface area contributed by atoms with Gasteiger partial charge in [0.25, 0.3) is 5.56 Å². The SMILES string of the molecule is CC(C)[C@H](N)C(=O)NCC(=O)NCc1ccc(Cn2ccccc2=O)cc1.Cl. The third-order valence-electron chi connectivity index (χ3n) is 4.21. The van der Waals surface area contributed by atoms with Gasteiger partial charge < -0.3 is 20.9 Å². The molecule has 2 aromatic rings. The van der Waals surface area contributed by atoms with E-state index in [0.717, 1.165) is 11.1 Å². The van der Waals surface area contributed by atoms with Crippen molar-refractivity contribution in [2.24, 2.45) is 11.7 Å². The number of aromatic nitrogens is 1. The maximum absolute atomic E-state index is 11.9. The van der Waals surface area contributed by atoms with Gasteiger partial charge in [-0.1, -0.05) is 44.2 Å². The van der Waals surface area contributed by atoms with Crippen LogP contribution in [0.2, 0.25) is 0 Å². The molecular formula is C20H27ClN4O3. The van der Waals surface area contributed by atoms with Gasteiger partial charge in [0, 0.05) is 18.8 Å². The molecule has 1 atom stereocenters. The number of carbonyl (C=O) groups excluding carboxylic acids is 2. The largest absolute Gasteiger partial charge is 0.350 e. The summed E-state index contributed by atoms with van der Waals surface area (Å²) in [6.45, 7) is 4.45. The molecule has 0 saturated heterocycles. The van der Waals surface area contributed by atoms with Gasteiger partial charge in [0.05, 0.1) is 19.1 Å². The van der Waals surface area contributed by atoms with Crippen molar-refractivity contribution in [2.45, 2.75) is 33.0 Å². The number of rotatable bonds is 8. The maximum atomic E-state index is 11.9. The minimum Gasteiger partial charge on any atom is -0.350 e. The Labute approximate surface area is 170 Å². The van der Waals surface area contributed by atoms with Crippen LogP contribution in [-0.4, -0.2) is 29.0 Å². The lowest BCUT2D eigenvalue weighted by Crippen LogP contribution is -2.47. The van der Waals surface area contributed by atoms with Crippen LogP contribution in [0.3, 0.4) is 0 Å². The zero-order valence-electron chi connectivity index (χ0n) is 16.1. The van der Waals surface area contributed by atoms with E-state index in [9.17, 15) is 14.4 Å². The number of nitrogens with one attached hydrogen (secondary N) is 2. The normalized spacial score (nSPS) is 11.4. The molecule has 8 heteroatoms. The zero-order chi connectivity index (χ0) is 19.8. The molecule has 1 aromatic heterocycles. The average molecular weight is 407 g/mol. The van der Waals surface area contributed by atoms with Gasteiger partial charge in [0.2, 0.25) is 11.8 Å². The molecule has 28 heavy (non-hydrogen) atoms. The van der Waals surface area contributed by atoms with Gasteiger partial charge in [0.15, 0.2) is 0 Å². The minimum absolute atomic E-state index is 0. The molecule has 0 fully saturated rings. The fourth-order valence-corrected chi connectivity index (χ4v) is 2.40. The monoisotopic (exact) mass is 406 g/mol. The number of nitrogens with two attached hydrogens (primary N) is 1. The summed E-state index contributed by atoms with van der Waals surface area (Å²) in [5.41, 5.74) is 7.60. The predicted molar refractivity (Wildman–Crippen MR) is 111 cm³/mol. The molecular weight excluding hydrogens is 380 g/mol. The molecule has 1 heterocycles. The first-order chi connectivity index (χ1) is 12.9. The van der Waals surface area contributed by atoms with Crippen LogP contribution < -0.4 is 21.9 Å². The molecule has 152 valence electrons. The first kappa shape index (κ1) is 23.4. The Balaban J connectivity index is 0.00000392. The summed E-state index contributed by atoms with van der Waals surface area (Å²) >= 11 is 0. The van der Waals surface area contributed by atoms with Crippen LogP contribution in [-0.2, 0) is 22.7 Å². The lowest BCUT2D eigenvalue weighted by Gasteiger charge is -2.15. The van der Waals surface area contributed by atoms with E-state index in [4.69, 9.17) is 5.73 Å². The first-order valence-corrected chi connectivity index (χ1v) is 8.90. The van der Waals surface area contributed by atoms with E-state index in [-0.39, 0.29) is 42.2 Å². The topological polar surface area (TPSA) is 106 Å². The third kappa shape index (κ3) is 7.17. The van der Waals surface area contributed by atoms with Crippen LogP contribution in [0.25, 0.3) is 0 Å². The lowest BCUT2D eigenvalue weighted by atomic mass is 10.1. The second-order valence-corrected chi connectivity index (χ2v) is 6.75. The zero-order valence-corrected chi connectivity index (χ0v) is 16.9. The molecule has 2 amide bonds. The minimum atomic E-state index is -0.623. The van der Waals surface area contributed by atoms with E-state index in [1.54, 1.807) is 16.8 Å². The second kappa shape index (κ2) is 11.3. The van der Waals surface area contributed by atoms with E-state index in [0.29, 0.717) is 13.1 Å². The summed E-state index contributed by atoms with van der Waals surface area (Å²) in [6.07, 6.45) is 1.75. The highest BCUT2D eigenvalue weighted by Crippen LogP contribution is 2.05. The summed E-state index contributed by atoms with van der Waals surface area (Å²) in [6, 6.07) is 12.1. The summed E-state index contributed by atoms with van der Waals surface area (Å²) in [5, 5.41) is 5.28. The molecule has 0 aliphatic carbocycles. The van der Waals surface area contributed by atoms with Crippen LogP contribution in [0, 0.1) is 5.92 Å². The summed E-state index contributed by atoms with van der Waals surface area (Å²) < 4.78 is 1.63. The number of hydrogen-bond donors (Lipinski definition) is 3. The molecule has 0 aliphatic rings. The van der Waals surface area contributed by atoms with E-state index in [1.165, 1.54) is 6.07 Å². The number of nitrogens with zero attached hydrogens (tertiary/aromatic N) is 1. The number of hydrogen-bond acceptors (Lipinski definition) is 4. The Hall–Kier alpha value is -2.64. The molecule has 0 radical (unpaired) electrons. The molecule has 2 rings (SSSR count). The smallest absolute Gasteiger partial charge is 0.250 e. The lowest BCUT2D eigenvalue weighted by molar-refractivity contribution is -0.127. The summed E-state index contributed by atoms with van der Waals surface area (Å²) in [7, 11) is 0. The van der Waals surface area contributed by atoms with Crippen molar-refractivity contribution < 1.29 is 9.59 Å². The van der Waals surface area contributed by atoms with Crippen molar-refractivity contribution in [1.29, 1.82) is 0 Å². The van der Waals surface area contributed by atoms with Gasteiger partial charge in [-0.05, 0) is 23.1 Å². The van der Waals surface area contributed by atoms with Crippen LogP contribution >= 0.6 is 12.4 Å². The average Bonchev–Trinajstić information content (AvgIpc) is 2.66. The Bertz CT molecular complexity index is 834. The van der Waals surface area contributed by atoms with Crippen molar-refractivity contribution >= 4 is 24.2 Å². The standard InChI is InChI=1S/C20H26N4O3.ClH/c1-14(2)19(21)20(27)23-12-17(25)22-11-15-6-8-16(9-7-15)13-24-10-4-3-5-18(24)26;/h3-10,14,19H,11-13,21H2,1-2H3,(H,22,25)(H,23,27);1H/t19-;/m0./s1. The number of carbonyl (C=O) groups is 2. The fourth-order valence-electron chi connectivity index (χ4n) is 2.40. The van der Waals surface area contributed by atoms with Gasteiger partial charge in [-0.2, -0.15) is 0 Å². The van der Waals surface area contributed by atoms with Crippen LogP contribution in [0.4, 0.5) is 0 Å². The van der Waals surface area contributed by atoms with Crippen molar-refractivity contribution in [1.82, 2.24) is 15.2 Å². The highest BCUT2D eigenvalue weighted by Gasteiger charge is 2.17. The molecule has 0 unspecified atom stereocenters. The number of benzene rings is 1. The van der Waals surface area contributed by atoms with Crippen molar-refractivity contribution in [3.63, 3.8) is 0 Å². The molecule has 4 N–H and O–H groups in total. The summed E-state index contributed by atoms with van der Waals surface area (Å²) in [5.74, 6) is -0.599. The number of pyridine rings is 1. The van der Waals surface area contributed by atoms with Gasteiger partial charge >= 0.3 is 0 Å². The Morgan fingerprint density at radius 3 is 2.29 bits per heavy atom. The van der Waals surface area contributed by atoms with E-state index >= 15 is 0 Å². The second-order valence-electron chi connectivity index (χ2n) is 6.75. The van der Waals surface area contributed by atoms with Crippen molar-refractivity contribution in [2.75, 3.05) is 6.54 Å². The van der Waals surface area contributed by atoms with Crippen LogP contribution in [0.15, 0.2) is 53.5 Å². The molecule has 0 saturated carbocycles. The fraction of sp³-hybridized carbons (Fsp3) is 0.350. The Kier molecular flexibility index (Phi) is 9.41. The van der Waals surface area contributed by atoms with E-state index < -0.39 is 6.04 Å². The number of amides is 2. The molecule has 7 nitrogen and oxygen atoms in total. The Morgan fingerprint density at radius 2 is 1.68 bits per heavy atom. The highest BCUT2D eigenvalue weighted by molar-refractivity contribution is 5.87. The predicted octanol–water partition coefficient (Wildman–Crippen LogP) is 1.03. The Morgan fingerprint density at radius 1 is 1.04 bits per heavy atom. The van der Waals surface area contributed by atoms with Gasteiger partial charge in [-0.25, -0.2) is 0 Å². The van der Waals surface area contributed by atoms with Crippen molar-refractivity contribution in [3.05, 3.63) is 70.1 Å². The quantitative estimate of drug-likeness (QED) is 0.608. The highest BCUT2D eigenvalue weighted by atomic mass is 35.5. The van der Waals surface area contributed by atoms with Crippen LogP contribution in [0.1, 0.15) is 25.0 Å². The van der Waals surface area contributed by atoms with Gasteiger partial charge in [0.1, 0.15) is 0 Å². The van der Waals surface area contributed by atoms with Gasteiger partial charge in [-0.3, -0.25) is 14.4 Å². The molecule has 0 aliphatic heterocycles. The van der Waals surface area contributed by atoms with Gasteiger partial charge in [-0.15, -0.1) is 12.4 Å². The first-order valence-electron chi connectivity index (χ1n) is 8.90. The molecule has 1 aromatic carbocycles. The number of halogens is 1. The van der Waals surface area contributed by atoms with Crippen LogP contribution in [0.5, 0.6) is 0 Å². The van der Waals surface area contributed by atoms with E-state index in [1.807, 2.05) is 44.2 Å². The van der Waals surface area contributed by atoms with E-state index in [2.05, 4.69) is 10.6 Å².